The van der Waals surface area contributed by atoms with Crippen LogP contribution in [0.1, 0.15) is 27.6 Å². The summed E-state index contributed by atoms with van der Waals surface area (Å²) in [6.45, 7) is 2.02. The number of anilines is 1. The summed E-state index contributed by atoms with van der Waals surface area (Å²) in [5.74, 6) is -1.50. The van der Waals surface area contributed by atoms with Gasteiger partial charge in [0.2, 0.25) is 0 Å². The molecule has 0 fully saturated rings. The zero-order valence-electron chi connectivity index (χ0n) is 16.9. The van der Waals surface area contributed by atoms with E-state index in [-0.39, 0.29) is 6.04 Å². The maximum atomic E-state index is 12.5. The molecule has 0 aliphatic carbocycles. The number of rotatable bonds is 5. The summed E-state index contributed by atoms with van der Waals surface area (Å²) < 4.78 is 0. The molecule has 0 saturated carbocycles. The predicted octanol–water partition coefficient (Wildman–Crippen LogP) is 3.47. The first-order chi connectivity index (χ1) is 15.2. The number of nitrogens with zero attached hydrogens (tertiary/aromatic N) is 2. The quantitative estimate of drug-likeness (QED) is 0.607. The summed E-state index contributed by atoms with van der Waals surface area (Å²) in [5.41, 5.74) is 3.30. The minimum absolute atomic E-state index is 0.0171. The van der Waals surface area contributed by atoms with Crippen LogP contribution in [0.3, 0.4) is 0 Å². The van der Waals surface area contributed by atoms with E-state index < -0.39 is 11.8 Å². The summed E-state index contributed by atoms with van der Waals surface area (Å²) in [7, 11) is 0. The Labute approximate surface area is 185 Å². The van der Waals surface area contributed by atoms with E-state index in [1.807, 2.05) is 23.6 Å². The Morgan fingerprint density at radius 2 is 1.81 bits per heavy atom. The van der Waals surface area contributed by atoms with Crippen molar-refractivity contribution in [3.8, 4) is 6.07 Å². The molecule has 2 aromatic carbocycles. The highest BCUT2D eigenvalue weighted by atomic mass is 32.1. The van der Waals surface area contributed by atoms with Crippen molar-refractivity contribution in [1.82, 2.24) is 10.2 Å². The van der Waals surface area contributed by atoms with Crippen molar-refractivity contribution in [3.63, 3.8) is 0 Å². The Morgan fingerprint density at radius 1 is 1.03 bits per heavy atom. The summed E-state index contributed by atoms with van der Waals surface area (Å²) in [6.07, 6.45) is 0.956. The normalized spacial score (nSPS) is 14.2. The van der Waals surface area contributed by atoms with E-state index in [1.165, 1.54) is 11.1 Å². The predicted molar refractivity (Wildman–Crippen MR) is 120 cm³/mol. The standard InChI is InChI=1S/C24H22N4O2S/c25-14-18-7-3-4-9-20(18)27-24(30)23(29)26-15-21(22-10-5-13-31-22)28-12-11-17-6-1-2-8-19(17)16-28/h1-10,13,21H,11-12,15-16H2,(H,26,29)(H,27,30). The molecule has 3 aromatic rings. The molecule has 2 heterocycles. The number of amides is 2. The first-order valence-corrected chi connectivity index (χ1v) is 11.0. The minimum Gasteiger partial charge on any atom is -0.346 e. The molecule has 0 bridgehead atoms. The Bertz CT molecular complexity index is 1120. The van der Waals surface area contributed by atoms with Crippen molar-refractivity contribution in [1.29, 1.82) is 5.26 Å². The Kier molecular flexibility index (Phi) is 6.41. The molecule has 1 aliphatic rings. The summed E-state index contributed by atoms with van der Waals surface area (Å²) in [6, 6.07) is 21.1. The Morgan fingerprint density at radius 3 is 2.58 bits per heavy atom. The fraction of sp³-hybridized carbons (Fsp3) is 0.208. The van der Waals surface area contributed by atoms with Gasteiger partial charge in [-0.1, -0.05) is 42.5 Å². The third-order valence-corrected chi connectivity index (χ3v) is 6.40. The fourth-order valence-corrected chi connectivity index (χ4v) is 4.67. The largest absolute Gasteiger partial charge is 0.346 e. The lowest BCUT2D eigenvalue weighted by atomic mass is 9.98. The number of nitrogens with one attached hydrogen (secondary N) is 2. The zero-order valence-corrected chi connectivity index (χ0v) is 17.7. The molecule has 0 saturated heterocycles. The molecule has 2 amide bonds. The highest BCUT2D eigenvalue weighted by Crippen LogP contribution is 2.30. The maximum absolute atomic E-state index is 12.5. The smallest absolute Gasteiger partial charge is 0.313 e. The minimum atomic E-state index is -0.781. The average Bonchev–Trinajstić information content (AvgIpc) is 3.34. The highest BCUT2D eigenvalue weighted by Gasteiger charge is 2.27. The molecule has 156 valence electrons. The maximum Gasteiger partial charge on any atom is 0.313 e. The fourth-order valence-electron chi connectivity index (χ4n) is 3.81. The molecule has 6 nitrogen and oxygen atoms in total. The first kappa shape index (κ1) is 20.8. The number of thiophene rings is 1. The van der Waals surface area contributed by atoms with Gasteiger partial charge in [0.05, 0.1) is 17.3 Å². The lowest BCUT2D eigenvalue weighted by Crippen LogP contribution is -2.43. The molecule has 4 rings (SSSR count). The van der Waals surface area contributed by atoms with E-state index in [0.717, 1.165) is 24.4 Å². The Balaban J connectivity index is 1.43. The SMILES string of the molecule is N#Cc1ccccc1NC(=O)C(=O)NCC(c1cccs1)N1CCc2ccccc2C1. The van der Waals surface area contributed by atoms with E-state index in [0.29, 0.717) is 17.8 Å². The van der Waals surface area contributed by atoms with Crippen LogP contribution in [-0.2, 0) is 22.6 Å². The highest BCUT2D eigenvalue weighted by molar-refractivity contribution is 7.10. The van der Waals surface area contributed by atoms with E-state index in [2.05, 4.69) is 39.8 Å². The lowest BCUT2D eigenvalue weighted by molar-refractivity contribution is -0.136. The van der Waals surface area contributed by atoms with Crippen LogP contribution < -0.4 is 10.6 Å². The van der Waals surface area contributed by atoms with Crippen molar-refractivity contribution in [3.05, 3.63) is 87.6 Å². The third kappa shape index (κ3) is 4.82. The van der Waals surface area contributed by atoms with Crippen molar-refractivity contribution in [2.45, 2.75) is 19.0 Å². The topological polar surface area (TPSA) is 85.2 Å². The van der Waals surface area contributed by atoms with Crippen LogP contribution in [0, 0.1) is 11.3 Å². The van der Waals surface area contributed by atoms with Crippen molar-refractivity contribution in [2.75, 3.05) is 18.4 Å². The second-order valence-corrected chi connectivity index (χ2v) is 8.32. The van der Waals surface area contributed by atoms with Crippen LogP contribution in [0.15, 0.2) is 66.0 Å². The van der Waals surface area contributed by atoms with Crippen LogP contribution in [0.25, 0.3) is 0 Å². The molecular formula is C24H22N4O2S. The molecule has 0 radical (unpaired) electrons. The van der Waals surface area contributed by atoms with E-state index >= 15 is 0 Å². The molecule has 2 N–H and O–H groups in total. The Hall–Kier alpha value is -3.47. The van der Waals surface area contributed by atoms with Gasteiger partial charge in [-0.25, -0.2) is 0 Å². The first-order valence-electron chi connectivity index (χ1n) is 10.1. The second kappa shape index (κ2) is 9.56. The number of carbonyl (C=O) groups is 2. The number of hydrogen-bond donors (Lipinski definition) is 2. The van der Waals surface area contributed by atoms with Gasteiger partial charge in [0, 0.05) is 24.5 Å². The van der Waals surface area contributed by atoms with Crippen LogP contribution in [0.5, 0.6) is 0 Å². The van der Waals surface area contributed by atoms with Gasteiger partial charge in [-0.15, -0.1) is 11.3 Å². The summed E-state index contributed by atoms with van der Waals surface area (Å²) in [4.78, 5) is 28.3. The van der Waals surface area contributed by atoms with Gasteiger partial charge in [-0.05, 0) is 41.1 Å². The lowest BCUT2D eigenvalue weighted by Gasteiger charge is -2.35. The third-order valence-electron chi connectivity index (χ3n) is 5.43. The van der Waals surface area contributed by atoms with Gasteiger partial charge < -0.3 is 10.6 Å². The molecule has 1 aromatic heterocycles. The van der Waals surface area contributed by atoms with Gasteiger partial charge in [-0.2, -0.15) is 5.26 Å². The van der Waals surface area contributed by atoms with Crippen LogP contribution in [0.2, 0.25) is 0 Å². The number of carbonyl (C=O) groups excluding carboxylic acids is 2. The van der Waals surface area contributed by atoms with Gasteiger partial charge in [0.1, 0.15) is 6.07 Å². The second-order valence-electron chi connectivity index (χ2n) is 7.34. The van der Waals surface area contributed by atoms with Gasteiger partial charge in [0.15, 0.2) is 0 Å². The summed E-state index contributed by atoms with van der Waals surface area (Å²) in [5, 5.41) is 16.5. The molecule has 31 heavy (non-hydrogen) atoms. The molecule has 7 heteroatoms. The molecule has 1 aliphatic heterocycles. The van der Waals surface area contributed by atoms with Crippen molar-refractivity contribution < 1.29 is 9.59 Å². The molecular weight excluding hydrogens is 408 g/mol. The number of benzene rings is 2. The monoisotopic (exact) mass is 430 g/mol. The molecule has 0 spiro atoms. The number of fused-ring (bicyclic) bond motifs is 1. The zero-order chi connectivity index (χ0) is 21.6. The van der Waals surface area contributed by atoms with E-state index in [9.17, 15) is 9.59 Å². The van der Waals surface area contributed by atoms with E-state index in [4.69, 9.17) is 5.26 Å². The summed E-state index contributed by atoms with van der Waals surface area (Å²) >= 11 is 1.64. The van der Waals surface area contributed by atoms with Gasteiger partial charge in [-0.3, -0.25) is 14.5 Å². The van der Waals surface area contributed by atoms with Crippen LogP contribution >= 0.6 is 11.3 Å². The number of hydrogen-bond acceptors (Lipinski definition) is 5. The van der Waals surface area contributed by atoms with Crippen LogP contribution in [-0.4, -0.2) is 29.8 Å². The molecule has 1 unspecified atom stereocenters. The van der Waals surface area contributed by atoms with E-state index in [1.54, 1.807) is 35.6 Å². The van der Waals surface area contributed by atoms with Gasteiger partial charge in [0.25, 0.3) is 0 Å². The van der Waals surface area contributed by atoms with Gasteiger partial charge >= 0.3 is 11.8 Å². The van der Waals surface area contributed by atoms with Crippen molar-refractivity contribution >= 4 is 28.8 Å². The number of nitriles is 1. The van der Waals surface area contributed by atoms with Crippen molar-refractivity contribution in [2.24, 2.45) is 0 Å². The molecule has 1 atom stereocenters. The average molecular weight is 431 g/mol. The van der Waals surface area contributed by atoms with Crippen LogP contribution in [0.4, 0.5) is 5.69 Å². The number of para-hydroxylation sites is 1.